The van der Waals surface area contributed by atoms with E-state index in [0.717, 1.165) is 6.54 Å². The molecule has 0 aliphatic heterocycles. The second kappa shape index (κ2) is 3.62. The van der Waals surface area contributed by atoms with Gasteiger partial charge in [-0.15, -0.1) is 11.3 Å². The highest BCUT2D eigenvalue weighted by Crippen LogP contribution is 2.21. The molecule has 1 aromatic heterocycles. The van der Waals surface area contributed by atoms with E-state index >= 15 is 0 Å². The van der Waals surface area contributed by atoms with E-state index in [1.54, 1.807) is 11.3 Å². The van der Waals surface area contributed by atoms with E-state index in [2.05, 4.69) is 42.8 Å². The molecule has 0 fully saturated rings. The van der Waals surface area contributed by atoms with Crippen LogP contribution in [0.25, 0.3) is 0 Å². The Morgan fingerprint density at radius 3 is 2.90 bits per heavy atom. The van der Waals surface area contributed by atoms with E-state index in [0.29, 0.717) is 0 Å². The maximum Gasteiger partial charge on any atom is 0.0911 e. The Labute approximate surface area is 66.3 Å². The molecule has 0 aromatic carbocycles. The first-order valence-electron chi connectivity index (χ1n) is 3.48. The van der Waals surface area contributed by atoms with Crippen molar-refractivity contribution >= 4 is 16.3 Å². The summed E-state index contributed by atoms with van der Waals surface area (Å²) < 4.78 is 0. The van der Waals surface area contributed by atoms with Gasteiger partial charge in [0.15, 0.2) is 0 Å². The number of anilines is 1. The molecule has 0 N–H and O–H groups in total. The summed E-state index contributed by atoms with van der Waals surface area (Å²) in [6.45, 7) is 7.37. The number of hydrogen-bond donors (Lipinski definition) is 0. The minimum absolute atomic E-state index is 1.05. The van der Waals surface area contributed by atoms with Crippen LogP contribution in [0.1, 0.15) is 13.8 Å². The van der Waals surface area contributed by atoms with Crippen LogP contribution in [0.4, 0.5) is 5.00 Å². The zero-order chi connectivity index (χ0) is 7.40. The average Bonchev–Trinajstić information content (AvgIpc) is 2.43. The van der Waals surface area contributed by atoms with Crippen molar-refractivity contribution in [1.29, 1.82) is 0 Å². The van der Waals surface area contributed by atoms with Crippen LogP contribution < -0.4 is 4.90 Å². The Kier molecular flexibility index (Phi) is 2.75. The Balaban J connectivity index is 2.64. The zero-order valence-electron chi connectivity index (χ0n) is 6.37. The minimum Gasteiger partial charge on any atom is -0.359 e. The topological polar surface area (TPSA) is 3.24 Å². The van der Waals surface area contributed by atoms with E-state index in [-0.39, 0.29) is 0 Å². The van der Waals surface area contributed by atoms with Crippen LogP contribution >= 0.6 is 11.3 Å². The van der Waals surface area contributed by atoms with Gasteiger partial charge in [-0.25, -0.2) is 0 Å². The summed E-state index contributed by atoms with van der Waals surface area (Å²) in [4.78, 5) is 2.23. The number of thiophene rings is 1. The highest BCUT2D eigenvalue weighted by Gasteiger charge is 1.99. The summed E-state index contributed by atoms with van der Waals surface area (Å²) in [7, 11) is 0. The molecule has 55 valence electrons. The van der Waals surface area contributed by atoms with Crippen molar-refractivity contribution in [3.63, 3.8) is 0 Å². The molecule has 0 atom stereocenters. The highest BCUT2D eigenvalue weighted by atomic mass is 32.1. The summed E-state index contributed by atoms with van der Waals surface area (Å²) in [5.41, 5.74) is 0. The van der Waals surface area contributed by atoms with Gasteiger partial charge in [0.05, 0.1) is 5.00 Å². The van der Waals surface area contributed by atoms with Crippen LogP contribution in [0.3, 0.4) is 0 Å². The predicted molar refractivity (Wildman–Crippen MR) is 47.3 cm³/mol. The highest BCUT2D eigenvalue weighted by molar-refractivity contribution is 7.14. The van der Waals surface area contributed by atoms with Crippen molar-refractivity contribution in [1.82, 2.24) is 0 Å². The first-order chi connectivity index (χ1) is 4.88. The number of nitrogens with zero attached hydrogens (tertiary/aromatic N) is 1. The molecule has 0 saturated heterocycles. The molecule has 0 amide bonds. The van der Waals surface area contributed by atoms with Crippen LogP contribution in [0.15, 0.2) is 17.5 Å². The van der Waals surface area contributed by atoms with E-state index in [1.807, 2.05) is 0 Å². The fourth-order valence-electron chi connectivity index (χ4n) is 0.899. The molecule has 0 aliphatic carbocycles. The van der Waals surface area contributed by atoms with E-state index in [1.165, 1.54) is 5.00 Å². The standard InChI is InChI=1S/C8H12NS/c1-3-9(4-2)8-6-5-7-10-8/h3,5-7H,4H2,1-2H3. The summed E-state index contributed by atoms with van der Waals surface area (Å²) in [5.74, 6) is 0. The van der Waals surface area contributed by atoms with E-state index < -0.39 is 0 Å². The Hall–Kier alpha value is -0.500. The molecule has 1 radical (unpaired) electrons. The lowest BCUT2D eigenvalue weighted by Gasteiger charge is -2.17. The van der Waals surface area contributed by atoms with Crippen LogP contribution in [0.5, 0.6) is 0 Å². The van der Waals surface area contributed by atoms with E-state index in [9.17, 15) is 0 Å². The molecule has 0 spiro atoms. The molecule has 10 heavy (non-hydrogen) atoms. The van der Waals surface area contributed by atoms with Crippen molar-refractivity contribution < 1.29 is 0 Å². The quantitative estimate of drug-likeness (QED) is 0.647. The lowest BCUT2D eigenvalue weighted by atomic mass is 10.5. The van der Waals surface area contributed by atoms with Gasteiger partial charge in [0.25, 0.3) is 0 Å². The van der Waals surface area contributed by atoms with Gasteiger partial charge in [0, 0.05) is 13.1 Å². The van der Waals surface area contributed by atoms with Gasteiger partial charge < -0.3 is 4.90 Å². The normalized spacial score (nSPS) is 9.80. The molecule has 1 heterocycles. The first-order valence-corrected chi connectivity index (χ1v) is 4.36. The van der Waals surface area contributed by atoms with Crippen LogP contribution in [0.2, 0.25) is 0 Å². The molecule has 1 aromatic rings. The van der Waals surface area contributed by atoms with Gasteiger partial charge >= 0.3 is 0 Å². The average molecular weight is 154 g/mol. The molecule has 0 saturated carbocycles. The van der Waals surface area contributed by atoms with Crippen LogP contribution in [-0.2, 0) is 0 Å². The minimum atomic E-state index is 1.05. The molecular weight excluding hydrogens is 142 g/mol. The summed E-state index contributed by atoms with van der Waals surface area (Å²) in [6, 6.07) is 4.21. The van der Waals surface area contributed by atoms with Crippen molar-refractivity contribution in [2.75, 3.05) is 11.4 Å². The number of hydrogen-bond acceptors (Lipinski definition) is 2. The molecule has 0 unspecified atom stereocenters. The lowest BCUT2D eigenvalue weighted by Crippen LogP contribution is -2.15. The van der Waals surface area contributed by atoms with Gasteiger partial charge in [0.2, 0.25) is 0 Å². The van der Waals surface area contributed by atoms with Gasteiger partial charge in [-0.2, -0.15) is 0 Å². The SMILES string of the molecule is C[CH]N(CC)c1cccs1. The summed E-state index contributed by atoms with van der Waals surface area (Å²) >= 11 is 1.77. The van der Waals surface area contributed by atoms with Gasteiger partial charge in [-0.05, 0) is 31.4 Å². The van der Waals surface area contributed by atoms with Crippen molar-refractivity contribution in [2.45, 2.75) is 13.8 Å². The second-order valence-electron chi connectivity index (χ2n) is 2.00. The summed E-state index contributed by atoms with van der Waals surface area (Å²) in [5, 5.41) is 3.42. The number of rotatable bonds is 3. The molecule has 1 nitrogen and oxygen atoms in total. The third kappa shape index (κ3) is 1.51. The Bertz CT molecular complexity index is 165. The Morgan fingerprint density at radius 2 is 2.50 bits per heavy atom. The fraction of sp³-hybridized carbons (Fsp3) is 0.375. The van der Waals surface area contributed by atoms with E-state index in [4.69, 9.17) is 0 Å². The predicted octanol–water partition coefficient (Wildman–Crippen LogP) is 2.76. The van der Waals surface area contributed by atoms with Gasteiger partial charge in [0.1, 0.15) is 0 Å². The monoisotopic (exact) mass is 154 g/mol. The fourth-order valence-corrected chi connectivity index (χ4v) is 1.72. The van der Waals surface area contributed by atoms with Gasteiger partial charge in [-0.3, -0.25) is 0 Å². The maximum atomic E-state index is 2.23. The Morgan fingerprint density at radius 1 is 1.70 bits per heavy atom. The molecular formula is C8H12NS. The van der Waals surface area contributed by atoms with Crippen molar-refractivity contribution in [3.05, 3.63) is 24.1 Å². The molecule has 0 aliphatic rings. The van der Waals surface area contributed by atoms with Crippen LogP contribution in [-0.4, -0.2) is 6.54 Å². The zero-order valence-corrected chi connectivity index (χ0v) is 7.19. The smallest absolute Gasteiger partial charge is 0.0911 e. The molecule has 2 heteroatoms. The first kappa shape index (κ1) is 7.61. The molecule has 0 bridgehead atoms. The van der Waals surface area contributed by atoms with Crippen LogP contribution in [0, 0.1) is 6.54 Å². The largest absolute Gasteiger partial charge is 0.359 e. The molecule has 1 rings (SSSR count). The lowest BCUT2D eigenvalue weighted by molar-refractivity contribution is 0.961. The van der Waals surface area contributed by atoms with Crippen molar-refractivity contribution in [2.24, 2.45) is 0 Å². The van der Waals surface area contributed by atoms with Crippen molar-refractivity contribution in [3.8, 4) is 0 Å². The third-order valence-electron chi connectivity index (χ3n) is 1.44. The third-order valence-corrected chi connectivity index (χ3v) is 2.35. The van der Waals surface area contributed by atoms with Gasteiger partial charge in [-0.1, -0.05) is 0 Å². The summed E-state index contributed by atoms with van der Waals surface area (Å²) in [6.07, 6.45) is 0. The maximum absolute atomic E-state index is 2.23. The second-order valence-corrected chi connectivity index (χ2v) is 2.92.